The SMILES string of the molecule is Cc1nccn1CCCCNC(=O)[C@H](C)CSCc1ccccc1. The quantitative estimate of drug-likeness (QED) is 0.669. The first-order valence-electron chi connectivity index (χ1n) is 8.54. The fraction of sp³-hybridized carbons (Fsp3) is 0.474. The van der Waals surface area contributed by atoms with Crippen LogP contribution in [0.2, 0.25) is 0 Å². The van der Waals surface area contributed by atoms with Gasteiger partial charge in [-0.3, -0.25) is 4.79 Å². The van der Waals surface area contributed by atoms with Crippen LogP contribution in [0.25, 0.3) is 0 Å². The van der Waals surface area contributed by atoms with Crippen LogP contribution in [0, 0.1) is 12.8 Å². The zero-order valence-corrected chi connectivity index (χ0v) is 15.4. The maximum absolute atomic E-state index is 12.1. The number of thioether (sulfide) groups is 1. The lowest BCUT2D eigenvalue weighted by Crippen LogP contribution is -2.31. The molecular weight excluding hydrogens is 318 g/mol. The minimum Gasteiger partial charge on any atom is -0.356 e. The minimum atomic E-state index is 0.0506. The van der Waals surface area contributed by atoms with Crippen LogP contribution in [0.5, 0.6) is 0 Å². The molecule has 0 aliphatic carbocycles. The maximum atomic E-state index is 12.1. The molecule has 1 N–H and O–H groups in total. The summed E-state index contributed by atoms with van der Waals surface area (Å²) in [6.07, 6.45) is 5.87. The van der Waals surface area contributed by atoms with Gasteiger partial charge in [0.2, 0.25) is 5.91 Å². The molecule has 0 spiro atoms. The fourth-order valence-electron chi connectivity index (χ4n) is 2.44. The average molecular weight is 346 g/mol. The van der Waals surface area contributed by atoms with E-state index in [4.69, 9.17) is 0 Å². The summed E-state index contributed by atoms with van der Waals surface area (Å²) in [5, 5.41) is 3.05. The zero-order chi connectivity index (χ0) is 17.2. The van der Waals surface area contributed by atoms with E-state index in [9.17, 15) is 4.79 Å². The molecule has 5 heteroatoms. The normalized spacial score (nSPS) is 12.1. The van der Waals surface area contributed by atoms with Crippen molar-refractivity contribution in [1.82, 2.24) is 14.9 Å². The molecule has 4 nitrogen and oxygen atoms in total. The van der Waals surface area contributed by atoms with Crippen molar-refractivity contribution in [1.29, 1.82) is 0 Å². The smallest absolute Gasteiger partial charge is 0.223 e. The standard InChI is InChI=1S/C19H27N3OS/c1-16(14-24-15-18-8-4-3-5-9-18)19(23)21-10-6-7-12-22-13-11-20-17(22)2/h3-5,8-9,11,13,16H,6-7,10,12,14-15H2,1-2H3,(H,21,23)/t16-/m1/s1. The second kappa shape index (κ2) is 10.2. The van der Waals surface area contributed by atoms with Crippen molar-refractivity contribution in [2.24, 2.45) is 5.92 Å². The first-order valence-corrected chi connectivity index (χ1v) is 9.69. The molecule has 0 saturated heterocycles. The third-order valence-electron chi connectivity index (χ3n) is 3.98. The second-order valence-electron chi connectivity index (χ2n) is 6.07. The number of hydrogen-bond acceptors (Lipinski definition) is 3. The highest BCUT2D eigenvalue weighted by Crippen LogP contribution is 2.15. The van der Waals surface area contributed by atoms with Gasteiger partial charge in [0.05, 0.1) is 0 Å². The molecule has 0 bridgehead atoms. The van der Waals surface area contributed by atoms with Crippen molar-refractivity contribution in [2.45, 2.75) is 39.0 Å². The molecule has 130 valence electrons. The summed E-state index contributed by atoms with van der Waals surface area (Å²) in [7, 11) is 0. The van der Waals surface area contributed by atoms with Crippen LogP contribution in [-0.4, -0.2) is 27.8 Å². The summed E-state index contributed by atoms with van der Waals surface area (Å²) in [4.78, 5) is 16.3. The highest BCUT2D eigenvalue weighted by atomic mass is 32.2. The number of benzene rings is 1. The van der Waals surface area contributed by atoms with Crippen molar-refractivity contribution in [3.05, 3.63) is 54.1 Å². The number of carbonyl (C=O) groups is 1. The van der Waals surface area contributed by atoms with E-state index in [0.717, 1.165) is 43.3 Å². The van der Waals surface area contributed by atoms with E-state index in [1.807, 2.05) is 44.1 Å². The Hall–Kier alpha value is -1.75. The summed E-state index contributed by atoms with van der Waals surface area (Å²) in [6, 6.07) is 10.4. The number of rotatable bonds is 10. The van der Waals surface area contributed by atoms with E-state index in [0.29, 0.717) is 0 Å². The summed E-state index contributed by atoms with van der Waals surface area (Å²) in [5.74, 6) is 3.07. The van der Waals surface area contributed by atoms with Crippen molar-refractivity contribution in [3.8, 4) is 0 Å². The van der Waals surface area contributed by atoms with Gasteiger partial charge in [0, 0.05) is 42.9 Å². The summed E-state index contributed by atoms with van der Waals surface area (Å²) in [6.45, 7) is 5.73. The monoisotopic (exact) mass is 345 g/mol. The number of amides is 1. The van der Waals surface area contributed by atoms with Crippen molar-refractivity contribution >= 4 is 17.7 Å². The van der Waals surface area contributed by atoms with Gasteiger partial charge in [0.1, 0.15) is 5.82 Å². The number of nitrogens with one attached hydrogen (secondary N) is 1. The van der Waals surface area contributed by atoms with Crippen LogP contribution in [0.4, 0.5) is 0 Å². The van der Waals surface area contributed by atoms with Gasteiger partial charge in [0.15, 0.2) is 0 Å². The van der Waals surface area contributed by atoms with Crippen molar-refractivity contribution < 1.29 is 4.79 Å². The third-order valence-corrected chi connectivity index (χ3v) is 5.25. The summed E-state index contributed by atoms with van der Waals surface area (Å²) >= 11 is 1.82. The maximum Gasteiger partial charge on any atom is 0.223 e. The van der Waals surface area contributed by atoms with E-state index >= 15 is 0 Å². The fourth-order valence-corrected chi connectivity index (χ4v) is 3.49. The van der Waals surface area contributed by atoms with Crippen LogP contribution >= 0.6 is 11.8 Å². The molecule has 1 aromatic heterocycles. The Balaban J connectivity index is 1.54. The van der Waals surface area contributed by atoms with Gasteiger partial charge in [-0.1, -0.05) is 37.3 Å². The Labute approximate surface area is 149 Å². The molecule has 2 rings (SSSR count). The first-order chi connectivity index (χ1) is 11.7. The zero-order valence-electron chi connectivity index (χ0n) is 14.6. The van der Waals surface area contributed by atoms with Gasteiger partial charge in [-0.15, -0.1) is 0 Å². The molecule has 0 aliphatic rings. The Bertz CT molecular complexity index is 612. The predicted octanol–water partition coefficient (Wildman–Crippen LogP) is 3.66. The van der Waals surface area contributed by atoms with Gasteiger partial charge in [0.25, 0.3) is 0 Å². The minimum absolute atomic E-state index is 0.0506. The number of imidazole rings is 1. The van der Waals surface area contributed by atoms with E-state index in [1.165, 1.54) is 5.56 Å². The van der Waals surface area contributed by atoms with Crippen LogP contribution in [0.3, 0.4) is 0 Å². The summed E-state index contributed by atoms with van der Waals surface area (Å²) in [5.41, 5.74) is 1.31. The average Bonchev–Trinajstić information content (AvgIpc) is 3.00. The van der Waals surface area contributed by atoms with E-state index in [1.54, 1.807) is 0 Å². The largest absolute Gasteiger partial charge is 0.356 e. The molecule has 0 unspecified atom stereocenters. The lowest BCUT2D eigenvalue weighted by molar-refractivity contribution is -0.123. The number of carbonyl (C=O) groups excluding carboxylic acids is 1. The topological polar surface area (TPSA) is 46.9 Å². The highest BCUT2D eigenvalue weighted by Gasteiger charge is 2.12. The molecule has 2 aromatic rings. The molecule has 1 heterocycles. The lowest BCUT2D eigenvalue weighted by atomic mass is 10.2. The van der Waals surface area contributed by atoms with E-state index in [2.05, 4.69) is 39.1 Å². The van der Waals surface area contributed by atoms with E-state index < -0.39 is 0 Å². The van der Waals surface area contributed by atoms with Crippen LogP contribution < -0.4 is 5.32 Å². The molecule has 0 aliphatic heterocycles. The Morgan fingerprint density at radius 1 is 1.29 bits per heavy atom. The number of unbranched alkanes of at least 4 members (excludes halogenated alkanes) is 1. The number of aromatic nitrogens is 2. The van der Waals surface area contributed by atoms with E-state index in [-0.39, 0.29) is 11.8 Å². The lowest BCUT2D eigenvalue weighted by Gasteiger charge is -2.12. The van der Waals surface area contributed by atoms with Gasteiger partial charge >= 0.3 is 0 Å². The molecule has 0 radical (unpaired) electrons. The van der Waals surface area contributed by atoms with Gasteiger partial charge in [-0.25, -0.2) is 4.98 Å². The first kappa shape index (κ1) is 18.6. The molecule has 0 saturated carbocycles. The van der Waals surface area contributed by atoms with Crippen molar-refractivity contribution in [3.63, 3.8) is 0 Å². The van der Waals surface area contributed by atoms with Crippen molar-refractivity contribution in [2.75, 3.05) is 12.3 Å². The Morgan fingerprint density at radius 2 is 2.08 bits per heavy atom. The number of aryl methyl sites for hydroxylation is 2. The highest BCUT2D eigenvalue weighted by molar-refractivity contribution is 7.98. The van der Waals surface area contributed by atoms with Crippen LogP contribution in [0.1, 0.15) is 31.2 Å². The van der Waals surface area contributed by atoms with Gasteiger partial charge < -0.3 is 9.88 Å². The molecular formula is C19H27N3OS. The summed E-state index contributed by atoms with van der Waals surface area (Å²) < 4.78 is 2.14. The molecule has 1 atom stereocenters. The Kier molecular flexibility index (Phi) is 7.89. The molecule has 0 fully saturated rings. The molecule has 1 amide bonds. The molecule has 1 aromatic carbocycles. The van der Waals surface area contributed by atoms with Gasteiger partial charge in [-0.05, 0) is 25.3 Å². The van der Waals surface area contributed by atoms with Gasteiger partial charge in [-0.2, -0.15) is 11.8 Å². The predicted molar refractivity (Wildman–Crippen MR) is 101 cm³/mol. The van der Waals surface area contributed by atoms with Crippen LogP contribution in [-0.2, 0) is 17.1 Å². The van der Waals surface area contributed by atoms with Crippen LogP contribution in [0.15, 0.2) is 42.7 Å². The second-order valence-corrected chi connectivity index (χ2v) is 7.10. The number of nitrogens with zero attached hydrogens (tertiary/aromatic N) is 2. The third kappa shape index (κ3) is 6.40. The Morgan fingerprint density at radius 3 is 2.79 bits per heavy atom. The molecule has 24 heavy (non-hydrogen) atoms. The number of hydrogen-bond donors (Lipinski definition) is 1.